The Morgan fingerprint density at radius 1 is 1.37 bits per heavy atom. The van der Waals surface area contributed by atoms with Crippen molar-refractivity contribution in [2.24, 2.45) is 0 Å². The number of carbonyl (C=O) groups is 1. The zero-order valence-corrected chi connectivity index (χ0v) is 11.0. The summed E-state index contributed by atoms with van der Waals surface area (Å²) < 4.78 is 21.7. The first-order valence-corrected chi connectivity index (χ1v) is 6.29. The van der Waals surface area contributed by atoms with E-state index in [0.29, 0.717) is 43.5 Å². The molecule has 0 saturated carbocycles. The zero-order chi connectivity index (χ0) is 13.5. The SMILES string of the molecule is COc1cc(C=O)ccc1OCC[C@H]1COCCO1. The lowest BCUT2D eigenvalue weighted by atomic mass is 10.2. The molecule has 1 atom stereocenters. The summed E-state index contributed by atoms with van der Waals surface area (Å²) in [5.74, 6) is 1.19. The molecule has 0 spiro atoms. The van der Waals surface area contributed by atoms with Crippen LogP contribution in [0.25, 0.3) is 0 Å². The molecule has 1 aliphatic rings. The monoisotopic (exact) mass is 266 g/mol. The molecule has 0 aromatic heterocycles. The van der Waals surface area contributed by atoms with Crippen LogP contribution in [0.2, 0.25) is 0 Å². The number of methoxy groups -OCH3 is 1. The van der Waals surface area contributed by atoms with Gasteiger partial charge in [-0.1, -0.05) is 0 Å². The zero-order valence-electron chi connectivity index (χ0n) is 11.0. The number of ether oxygens (including phenoxy) is 4. The van der Waals surface area contributed by atoms with Gasteiger partial charge in [0.1, 0.15) is 6.29 Å². The summed E-state index contributed by atoms with van der Waals surface area (Å²) in [4.78, 5) is 10.7. The number of rotatable bonds is 6. The molecule has 0 unspecified atom stereocenters. The molecule has 5 heteroatoms. The van der Waals surface area contributed by atoms with Crippen molar-refractivity contribution in [1.29, 1.82) is 0 Å². The van der Waals surface area contributed by atoms with Crippen LogP contribution in [0.4, 0.5) is 0 Å². The summed E-state index contributed by atoms with van der Waals surface area (Å²) in [5.41, 5.74) is 0.563. The fourth-order valence-electron chi connectivity index (χ4n) is 1.88. The fraction of sp³-hybridized carbons (Fsp3) is 0.500. The summed E-state index contributed by atoms with van der Waals surface area (Å²) in [6.45, 7) is 2.44. The number of benzene rings is 1. The smallest absolute Gasteiger partial charge is 0.161 e. The van der Waals surface area contributed by atoms with Crippen LogP contribution in [0.5, 0.6) is 11.5 Å². The van der Waals surface area contributed by atoms with Gasteiger partial charge in [0, 0.05) is 12.0 Å². The molecule has 1 aromatic carbocycles. The molecule has 0 N–H and O–H groups in total. The standard InChI is InChI=1S/C14H18O5/c1-16-14-8-11(9-15)2-3-13(14)19-5-4-12-10-17-6-7-18-12/h2-3,8-9,12H,4-7,10H2,1H3/t12-/m0/s1. The van der Waals surface area contributed by atoms with Gasteiger partial charge in [0.25, 0.3) is 0 Å². The van der Waals surface area contributed by atoms with Gasteiger partial charge in [-0.05, 0) is 18.2 Å². The van der Waals surface area contributed by atoms with Crippen molar-refractivity contribution in [2.75, 3.05) is 33.5 Å². The first-order chi connectivity index (χ1) is 9.33. The Hall–Kier alpha value is -1.59. The van der Waals surface area contributed by atoms with Crippen molar-refractivity contribution < 1.29 is 23.7 Å². The van der Waals surface area contributed by atoms with Gasteiger partial charge in [-0.3, -0.25) is 4.79 Å². The highest BCUT2D eigenvalue weighted by Crippen LogP contribution is 2.27. The Balaban J connectivity index is 1.86. The summed E-state index contributed by atoms with van der Waals surface area (Å²) in [7, 11) is 1.55. The van der Waals surface area contributed by atoms with Gasteiger partial charge in [-0.15, -0.1) is 0 Å². The second-order valence-corrected chi connectivity index (χ2v) is 4.23. The van der Waals surface area contributed by atoms with E-state index >= 15 is 0 Å². The fourth-order valence-corrected chi connectivity index (χ4v) is 1.88. The van der Waals surface area contributed by atoms with E-state index < -0.39 is 0 Å². The number of hydrogen-bond acceptors (Lipinski definition) is 5. The molecule has 0 amide bonds. The normalized spacial score (nSPS) is 18.9. The summed E-state index contributed by atoms with van der Waals surface area (Å²) in [5, 5.41) is 0. The van der Waals surface area contributed by atoms with Gasteiger partial charge >= 0.3 is 0 Å². The molecule has 1 aliphatic heterocycles. The average Bonchev–Trinajstić information content (AvgIpc) is 2.48. The van der Waals surface area contributed by atoms with Gasteiger partial charge < -0.3 is 18.9 Å². The van der Waals surface area contributed by atoms with Gasteiger partial charge in [-0.2, -0.15) is 0 Å². The van der Waals surface area contributed by atoms with E-state index in [4.69, 9.17) is 18.9 Å². The lowest BCUT2D eigenvalue weighted by molar-refractivity contribution is -0.0935. The van der Waals surface area contributed by atoms with Gasteiger partial charge in [0.15, 0.2) is 11.5 Å². The van der Waals surface area contributed by atoms with Crippen molar-refractivity contribution in [1.82, 2.24) is 0 Å². The Kier molecular flexibility index (Phi) is 5.18. The van der Waals surface area contributed by atoms with Crippen LogP contribution in [0.1, 0.15) is 16.8 Å². The maximum atomic E-state index is 10.7. The lowest BCUT2D eigenvalue weighted by Gasteiger charge is -2.23. The third-order valence-corrected chi connectivity index (χ3v) is 2.91. The molecular formula is C14H18O5. The predicted octanol–water partition coefficient (Wildman–Crippen LogP) is 1.69. The molecule has 5 nitrogen and oxygen atoms in total. The molecule has 1 heterocycles. The van der Waals surface area contributed by atoms with Crippen molar-refractivity contribution >= 4 is 6.29 Å². The Labute approximate surface area is 112 Å². The van der Waals surface area contributed by atoms with E-state index in [1.165, 1.54) is 0 Å². The maximum absolute atomic E-state index is 10.7. The quantitative estimate of drug-likeness (QED) is 0.733. The second kappa shape index (κ2) is 7.11. The molecule has 104 valence electrons. The average molecular weight is 266 g/mol. The molecule has 1 fully saturated rings. The topological polar surface area (TPSA) is 54.0 Å². The van der Waals surface area contributed by atoms with Crippen LogP contribution in [0, 0.1) is 0 Å². The van der Waals surface area contributed by atoms with E-state index in [1.807, 2.05) is 0 Å². The van der Waals surface area contributed by atoms with Crippen LogP contribution in [0.3, 0.4) is 0 Å². The van der Waals surface area contributed by atoms with Crippen molar-refractivity contribution in [3.8, 4) is 11.5 Å². The van der Waals surface area contributed by atoms with Crippen LogP contribution < -0.4 is 9.47 Å². The van der Waals surface area contributed by atoms with Crippen LogP contribution >= 0.6 is 0 Å². The first kappa shape index (κ1) is 13.8. The van der Waals surface area contributed by atoms with Gasteiger partial charge in [0.2, 0.25) is 0 Å². The minimum atomic E-state index is 0.0917. The summed E-state index contributed by atoms with van der Waals surface area (Å²) >= 11 is 0. The van der Waals surface area contributed by atoms with Gasteiger partial charge in [-0.25, -0.2) is 0 Å². The Morgan fingerprint density at radius 3 is 2.95 bits per heavy atom. The Morgan fingerprint density at radius 2 is 2.26 bits per heavy atom. The van der Waals surface area contributed by atoms with Crippen LogP contribution in [-0.4, -0.2) is 45.9 Å². The molecule has 0 aliphatic carbocycles. The molecule has 19 heavy (non-hydrogen) atoms. The summed E-state index contributed by atoms with van der Waals surface area (Å²) in [6.07, 6.45) is 1.63. The Bertz CT molecular complexity index is 412. The lowest BCUT2D eigenvalue weighted by Crippen LogP contribution is -2.29. The molecule has 0 radical (unpaired) electrons. The first-order valence-electron chi connectivity index (χ1n) is 6.29. The van der Waals surface area contributed by atoms with E-state index in [2.05, 4.69) is 0 Å². The number of aldehydes is 1. The third-order valence-electron chi connectivity index (χ3n) is 2.91. The van der Waals surface area contributed by atoms with Crippen LogP contribution in [-0.2, 0) is 9.47 Å². The van der Waals surface area contributed by atoms with E-state index in [9.17, 15) is 4.79 Å². The highest BCUT2D eigenvalue weighted by atomic mass is 16.6. The van der Waals surface area contributed by atoms with Crippen molar-refractivity contribution in [3.63, 3.8) is 0 Å². The molecule has 1 aromatic rings. The number of carbonyl (C=O) groups excluding carboxylic acids is 1. The van der Waals surface area contributed by atoms with Crippen molar-refractivity contribution in [3.05, 3.63) is 23.8 Å². The highest BCUT2D eigenvalue weighted by molar-refractivity contribution is 5.76. The maximum Gasteiger partial charge on any atom is 0.161 e. The largest absolute Gasteiger partial charge is 0.493 e. The van der Waals surface area contributed by atoms with Crippen LogP contribution in [0.15, 0.2) is 18.2 Å². The van der Waals surface area contributed by atoms with E-state index in [0.717, 1.165) is 12.7 Å². The summed E-state index contributed by atoms with van der Waals surface area (Å²) in [6, 6.07) is 5.09. The molecule has 0 bridgehead atoms. The minimum Gasteiger partial charge on any atom is -0.493 e. The third kappa shape index (κ3) is 3.94. The highest BCUT2D eigenvalue weighted by Gasteiger charge is 2.14. The van der Waals surface area contributed by atoms with E-state index in [-0.39, 0.29) is 6.10 Å². The molecule has 2 rings (SSSR count). The second-order valence-electron chi connectivity index (χ2n) is 4.23. The minimum absolute atomic E-state index is 0.0917. The van der Waals surface area contributed by atoms with E-state index in [1.54, 1.807) is 25.3 Å². The van der Waals surface area contributed by atoms with Gasteiger partial charge in [0.05, 0.1) is 39.6 Å². The predicted molar refractivity (Wildman–Crippen MR) is 69.1 cm³/mol. The molecular weight excluding hydrogens is 248 g/mol. The molecule has 1 saturated heterocycles. The number of hydrogen-bond donors (Lipinski definition) is 0. The van der Waals surface area contributed by atoms with Crippen molar-refractivity contribution in [2.45, 2.75) is 12.5 Å².